The third-order valence-corrected chi connectivity index (χ3v) is 5.41. The number of anilines is 1. The number of nitrogens with one attached hydrogen (secondary N) is 1. The van der Waals surface area contributed by atoms with Crippen LogP contribution in [-0.4, -0.2) is 49.1 Å². The zero-order chi connectivity index (χ0) is 19.4. The molecule has 0 aliphatic carbocycles. The van der Waals surface area contributed by atoms with Gasteiger partial charge in [0, 0.05) is 30.6 Å². The summed E-state index contributed by atoms with van der Waals surface area (Å²) < 4.78 is 5.83. The quantitative estimate of drug-likeness (QED) is 0.794. The Morgan fingerprint density at radius 2 is 2.04 bits per heavy atom. The summed E-state index contributed by atoms with van der Waals surface area (Å²) in [7, 11) is 0. The van der Waals surface area contributed by atoms with Crippen LogP contribution in [0, 0.1) is 5.92 Å². The molecule has 3 rings (SSSR count). The van der Waals surface area contributed by atoms with Crippen molar-refractivity contribution >= 4 is 29.2 Å². The minimum atomic E-state index is -0.0792. The molecule has 0 saturated carbocycles. The molecule has 7 heteroatoms. The van der Waals surface area contributed by atoms with E-state index in [0.29, 0.717) is 48.9 Å². The molecule has 1 saturated heterocycles. The molecule has 2 aliphatic rings. The van der Waals surface area contributed by atoms with Crippen LogP contribution >= 0.6 is 11.6 Å². The van der Waals surface area contributed by atoms with Crippen LogP contribution in [0.1, 0.15) is 39.5 Å². The number of fused-ring (bicyclic) bond motifs is 1. The van der Waals surface area contributed by atoms with Gasteiger partial charge < -0.3 is 15.0 Å². The van der Waals surface area contributed by atoms with E-state index >= 15 is 0 Å². The lowest BCUT2D eigenvalue weighted by molar-refractivity contribution is -0.126. The summed E-state index contributed by atoms with van der Waals surface area (Å²) in [6.07, 6.45) is 3.39. The van der Waals surface area contributed by atoms with Crippen LogP contribution in [-0.2, 0) is 4.79 Å². The summed E-state index contributed by atoms with van der Waals surface area (Å²) in [4.78, 5) is 28.9. The van der Waals surface area contributed by atoms with Crippen molar-refractivity contribution in [1.29, 1.82) is 0 Å². The van der Waals surface area contributed by atoms with Crippen molar-refractivity contribution in [3.05, 3.63) is 23.2 Å². The summed E-state index contributed by atoms with van der Waals surface area (Å²) >= 11 is 6.12. The van der Waals surface area contributed by atoms with Gasteiger partial charge in [-0.15, -0.1) is 0 Å². The lowest BCUT2D eigenvalue weighted by Gasteiger charge is -2.39. The minimum absolute atomic E-state index is 0.00347. The summed E-state index contributed by atoms with van der Waals surface area (Å²) in [5.74, 6) is 0.792. The molecule has 0 spiro atoms. The number of halogens is 1. The zero-order valence-electron chi connectivity index (χ0n) is 16.0. The second kappa shape index (κ2) is 8.83. The van der Waals surface area contributed by atoms with Gasteiger partial charge in [-0.1, -0.05) is 24.9 Å². The van der Waals surface area contributed by atoms with E-state index in [1.807, 2.05) is 11.8 Å². The Balaban J connectivity index is 1.61. The molecule has 1 fully saturated rings. The van der Waals surface area contributed by atoms with Crippen LogP contribution in [0.5, 0.6) is 5.75 Å². The molecule has 1 N–H and O–H groups in total. The van der Waals surface area contributed by atoms with Crippen molar-refractivity contribution in [2.45, 2.75) is 45.6 Å². The van der Waals surface area contributed by atoms with Crippen LogP contribution in [0.2, 0.25) is 5.02 Å². The molecular weight excluding hydrogens is 366 g/mol. The van der Waals surface area contributed by atoms with Gasteiger partial charge in [-0.2, -0.15) is 0 Å². The van der Waals surface area contributed by atoms with Gasteiger partial charge in [0.15, 0.2) is 0 Å². The van der Waals surface area contributed by atoms with Crippen molar-refractivity contribution in [2.75, 3.05) is 31.1 Å². The smallest absolute Gasteiger partial charge is 0.324 e. The highest BCUT2D eigenvalue weighted by atomic mass is 35.5. The fourth-order valence-electron chi connectivity index (χ4n) is 3.63. The topological polar surface area (TPSA) is 61.9 Å². The number of nitrogens with zero attached hydrogens (tertiary/aromatic N) is 2. The first kappa shape index (κ1) is 19.8. The molecule has 0 unspecified atom stereocenters. The summed E-state index contributed by atoms with van der Waals surface area (Å²) in [6.45, 7) is 6.46. The number of likely N-dealkylation sites (tertiary alicyclic amines) is 1. The number of rotatable bonds is 4. The summed E-state index contributed by atoms with van der Waals surface area (Å²) in [6, 6.07) is 5.30. The molecule has 2 heterocycles. The number of carbonyl (C=O) groups is 2. The molecule has 1 aromatic rings. The van der Waals surface area contributed by atoms with E-state index in [1.54, 1.807) is 23.1 Å². The van der Waals surface area contributed by atoms with Gasteiger partial charge in [0.2, 0.25) is 5.91 Å². The number of urea groups is 1. The van der Waals surface area contributed by atoms with Gasteiger partial charge >= 0.3 is 6.03 Å². The van der Waals surface area contributed by atoms with E-state index in [2.05, 4.69) is 12.2 Å². The largest absolute Gasteiger partial charge is 0.487 e. The van der Waals surface area contributed by atoms with Gasteiger partial charge in [-0.05, 0) is 44.4 Å². The highest BCUT2D eigenvalue weighted by Gasteiger charge is 2.34. The number of carbonyl (C=O) groups excluding carboxylic acids is 2. The summed E-state index contributed by atoms with van der Waals surface area (Å²) in [5, 5.41) is 3.58. The molecule has 2 aliphatic heterocycles. The number of piperidine rings is 1. The molecule has 0 radical (unpaired) electrons. The van der Waals surface area contributed by atoms with Crippen molar-refractivity contribution in [3.63, 3.8) is 0 Å². The van der Waals surface area contributed by atoms with Crippen LogP contribution in [0.15, 0.2) is 18.2 Å². The Hall–Kier alpha value is -1.95. The molecule has 27 heavy (non-hydrogen) atoms. The van der Waals surface area contributed by atoms with Crippen LogP contribution in [0.3, 0.4) is 0 Å². The predicted octanol–water partition coefficient (Wildman–Crippen LogP) is 3.68. The Kier molecular flexibility index (Phi) is 6.47. The maximum absolute atomic E-state index is 13.1. The molecule has 3 amide bonds. The van der Waals surface area contributed by atoms with E-state index in [0.717, 1.165) is 19.4 Å². The predicted molar refractivity (Wildman–Crippen MR) is 106 cm³/mol. The van der Waals surface area contributed by atoms with E-state index in [-0.39, 0.29) is 24.0 Å². The van der Waals surface area contributed by atoms with Gasteiger partial charge in [0.1, 0.15) is 11.9 Å². The first-order chi connectivity index (χ1) is 13.0. The first-order valence-electron chi connectivity index (χ1n) is 9.80. The maximum atomic E-state index is 13.1. The average Bonchev–Trinajstić information content (AvgIpc) is 2.67. The standard InChI is InChI=1S/C20H28ClN3O3/c1-3-4-9-22-19(25)15-7-10-23(11-8-15)20(26)24-13-14(2)27-18-6-5-16(21)12-17(18)24/h5-6,12,14-15H,3-4,7-11,13H2,1-2H3,(H,22,25)/t14-/m0/s1. The van der Waals surface area contributed by atoms with E-state index in [1.165, 1.54) is 0 Å². The maximum Gasteiger partial charge on any atom is 0.324 e. The SMILES string of the molecule is CCCCNC(=O)C1CCN(C(=O)N2C[C@H](C)Oc3ccc(Cl)cc32)CC1. The molecule has 1 aromatic carbocycles. The Labute approximate surface area is 165 Å². The fourth-order valence-corrected chi connectivity index (χ4v) is 3.79. The molecule has 148 valence electrons. The number of benzene rings is 1. The molecule has 6 nitrogen and oxygen atoms in total. The number of amides is 3. The third kappa shape index (κ3) is 4.67. The van der Waals surface area contributed by atoms with Crippen LogP contribution in [0.25, 0.3) is 0 Å². The monoisotopic (exact) mass is 393 g/mol. The minimum Gasteiger partial charge on any atom is -0.487 e. The van der Waals surface area contributed by atoms with Gasteiger partial charge in [0.05, 0.1) is 12.2 Å². The van der Waals surface area contributed by atoms with Crippen molar-refractivity contribution in [3.8, 4) is 5.75 Å². The Morgan fingerprint density at radius 1 is 1.30 bits per heavy atom. The van der Waals surface area contributed by atoms with Crippen LogP contribution < -0.4 is 15.0 Å². The van der Waals surface area contributed by atoms with Gasteiger partial charge in [-0.3, -0.25) is 9.69 Å². The second-order valence-electron chi connectivity index (χ2n) is 7.34. The average molecular weight is 394 g/mol. The third-order valence-electron chi connectivity index (χ3n) is 5.18. The number of hydrogen-bond acceptors (Lipinski definition) is 3. The van der Waals surface area contributed by atoms with E-state index in [9.17, 15) is 9.59 Å². The normalized spacial score (nSPS) is 20.0. The van der Waals surface area contributed by atoms with Crippen molar-refractivity contribution < 1.29 is 14.3 Å². The number of unbranched alkanes of at least 4 members (excludes halogenated alkanes) is 1. The second-order valence-corrected chi connectivity index (χ2v) is 7.78. The Morgan fingerprint density at radius 3 is 2.74 bits per heavy atom. The molecule has 0 bridgehead atoms. The van der Waals surface area contributed by atoms with E-state index < -0.39 is 0 Å². The first-order valence-corrected chi connectivity index (χ1v) is 10.2. The van der Waals surface area contributed by atoms with E-state index in [4.69, 9.17) is 16.3 Å². The van der Waals surface area contributed by atoms with Gasteiger partial charge in [-0.25, -0.2) is 4.79 Å². The van der Waals surface area contributed by atoms with Crippen molar-refractivity contribution in [1.82, 2.24) is 10.2 Å². The zero-order valence-corrected chi connectivity index (χ0v) is 16.8. The lowest BCUT2D eigenvalue weighted by Crippen LogP contribution is -2.52. The van der Waals surface area contributed by atoms with Gasteiger partial charge in [0.25, 0.3) is 0 Å². The highest BCUT2D eigenvalue weighted by Crippen LogP contribution is 2.36. The molecule has 1 atom stereocenters. The highest BCUT2D eigenvalue weighted by molar-refractivity contribution is 6.31. The number of hydrogen-bond donors (Lipinski definition) is 1. The summed E-state index contributed by atoms with van der Waals surface area (Å²) in [5.41, 5.74) is 0.713. The number of ether oxygens (including phenoxy) is 1. The fraction of sp³-hybridized carbons (Fsp3) is 0.600. The molecular formula is C20H28ClN3O3. The Bertz CT molecular complexity index is 689. The molecule has 0 aromatic heterocycles. The lowest BCUT2D eigenvalue weighted by atomic mass is 9.96. The van der Waals surface area contributed by atoms with Crippen LogP contribution in [0.4, 0.5) is 10.5 Å². The van der Waals surface area contributed by atoms with Crippen molar-refractivity contribution in [2.24, 2.45) is 5.92 Å².